The van der Waals surface area contributed by atoms with Gasteiger partial charge in [-0.3, -0.25) is 0 Å². The third-order valence-corrected chi connectivity index (χ3v) is 5.15. The zero-order valence-corrected chi connectivity index (χ0v) is 19.0. The highest BCUT2D eigenvalue weighted by Gasteiger charge is 2.35. The van der Waals surface area contributed by atoms with E-state index < -0.39 is 11.7 Å². The lowest BCUT2D eigenvalue weighted by Crippen LogP contribution is -2.36. The number of nitrogens with zero attached hydrogens (tertiary/aromatic N) is 1. The molecule has 1 heterocycles. The molecule has 0 N–H and O–H groups in total. The lowest BCUT2D eigenvalue weighted by atomic mass is 10.0. The van der Waals surface area contributed by atoms with Crippen LogP contribution in [0.2, 0.25) is 5.02 Å². The van der Waals surface area contributed by atoms with E-state index in [1.165, 1.54) is 0 Å². The molecule has 0 radical (unpaired) electrons. The molecule has 2 atom stereocenters. The van der Waals surface area contributed by atoms with Gasteiger partial charge in [0.25, 0.3) is 0 Å². The fourth-order valence-corrected chi connectivity index (χ4v) is 3.38. The summed E-state index contributed by atoms with van der Waals surface area (Å²) in [6, 6.07) is 5.29. The Labute approximate surface area is 183 Å². The quantitative estimate of drug-likeness (QED) is 0.374. The Morgan fingerprint density at radius 2 is 2.10 bits per heavy atom. The van der Waals surface area contributed by atoms with Crippen LogP contribution >= 0.6 is 11.6 Å². The highest BCUT2D eigenvalue weighted by atomic mass is 35.5. The predicted octanol–water partition coefficient (Wildman–Crippen LogP) is 5.15. The molecule has 0 saturated heterocycles. The lowest BCUT2D eigenvalue weighted by molar-refractivity contribution is -0.164. The Balaban J connectivity index is 1.81. The minimum atomic E-state index is -0.681. The summed E-state index contributed by atoms with van der Waals surface area (Å²) in [6.45, 7) is 8.66. The average Bonchev–Trinajstić information content (AvgIpc) is 3.36. The van der Waals surface area contributed by atoms with Gasteiger partial charge in [0.2, 0.25) is 0 Å². The second-order valence-electron chi connectivity index (χ2n) is 8.94. The Kier molecular flexibility index (Phi) is 7.64. The van der Waals surface area contributed by atoms with Crippen molar-refractivity contribution in [3.8, 4) is 5.75 Å². The number of ether oxygens (including phenoxy) is 3. The minimum absolute atomic E-state index is 0.291. The normalized spacial score (nSPS) is 19.8. The van der Waals surface area contributed by atoms with E-state index in [1.807, 2.05) is 20.8 Å². The fraction of sp³-hybridized carbons (Fsp3) is 0.652. The summed E-state index contributed by atoms with van der Waals surface area (Å²) in [4.78, 5) is 18.1. The van der Waals surface area contributed by atoms with Gasteiger partial charge < -0.3 is 19.0 Å². The summed E-state index contributed by atoms with van der Waals surface area (Å²) >= 11 is 6.27. The summed E-state index contributed by atoms with van der Waals surface area (Å²) in [5.74, 6) is 0.676. The number of benzene rings is 1. The van der Waals surface area contributed by atoms with Crippen LogP contribution in [0.15, 0.2) is 23.4 Å². The summed E-state index contributed by atoms with van der Waals surface area (Å²) in [6.07, 6.45) is 3.90. The van der Waals surface area contributed by atoms with Crippen LogP contribution in [-0.2, 0) is 19.1 Å². The molecule has 7 heteroatoms. The Hall–Kier alpha value is -1.79. The molecule has 1 aromatic rings. The number of carbonyl (C=O) groups is 1. The molecular weight excluding hydrogens is 406 g/mol. The van der Waals surface area contributed by atoms with Gasteiger partial charge in [0.15, 0.2) is 6.10 Å². The summed E-state index contributed by atoms with van der Waals surface area (Å²) in [7, 11) is 0. The molecule has 0 bridgehead atoms. The van der Waals surface area contributed by atoms with Crippen molar-refractivity contribution in [3.63, 3.8) is 0 Å². The van der Waals surface area contributed by atoms with Crippen molar-refractivity contribution in [1.82, 2.24) is 0 Å². The minimum Gasteiger partial charge on any atom is -0.478 e. The van der Waals surface area contributed by atoms with Crippen molar-refractivity contribution < 1.29 is 23.8 Å². The molecule has 1 aliphatic heterocycles. The SMILES string of the molecule is CCCCOC1CON=C1c1cc(Cl)ccc1O[C@@H](CC1CC1)C(=O)OC(C)(C)C. The third kappa shape index (κ3) is 6.61. The number of carbonyl (C=O) groups excluding carboxylic acids is 1. The number of oxime groups is 1. The maximum absolute atomic E-state index is 12.8. The number of unbranched alkanes of at least 4 members (excludes halogenated alkanes) is 1. The van der Waals surface area contributed by atoms with E-state index in [0.717, 1.165) is 25.7 Å². The van der Waals surface area contributed by atoms with Crippen molar-refractivity contribution in [2.45, 2.75) is 77.6 Å². The Morgan fingerprint density at radius 1 is 1.33 bits per heavy atom. The molecule has 1 aliphatic carbocycles. The van der Waals surface area contributed by atoms with Crippen molar-refractivity contribution in [1.29, 1.82) is 0 Å². The van der Waals surface area contributed by atoms with Crippen LogP contribution in [0, 0.1) is 5.92 Å². The number of esters is 1. The molecule has 0 amide bonds. The van der Waals surface area contributed by atoms with Crippen LogP contribution in [0.3, 0.4) is 0 Å². The van der Waals surface area contributed by atoms with Crippen LogP contribution in [0.25, 0.3) is 0 Å². The molecule has 1 fully saturated rings. The molecule has 166 valence electrons. The van der Waals surface area contributed by atoms with Gasteiger partial charge in [0.05, 0.1) is 0 Å². The predicted molar refractivity (Wildman–Crippen MR) is 116 cm³/mol. The maximum atomic E-state index is 12.8. The van der Waals surface area contributed by atoms with E-state index in [9.17, 15) is 4.79 Å². The van der Waals surface area contributed by atoms with Crippen LogP contribution in [-0.4, -0.2) is 42.7 Å². The molecule has 1 saturated carbocycles. The average molecular weight is 438 g/mol. The van der Waals surface area contributed by atoms with Crippen molar-refractivity contribution in [3.05, 3.63) is 28.8 Å². The van der Waals surface area contributed by atoms with Gasteiger partial charge in [-0.1, -0.05) is 42.9 Å². The van der Waals surface area contributed by atoms with Gasteiger partial charge in [0, 0.05) is 17.2 Å². The molecule has 1 aromatic carbocycles. The van der Waals surface area contributed by atoms with E-state index in [-0.39, 0.29) is 12.1 Å². The summed E-state index contributed by atoms with van der Waals surface area (Å²) in [5, 5.41) is 4.74. The van der Waals surface area contributed by atoms with E-state index in [2.05, 4.69) is 12.1 Å². The molecule has 1 unspecified atom stereocenters. The van der Waals surface area contributed by atoms with Crippen LogP contribution in [0.1, 0.15) is 65.4 Å². The largest absolute Gasteiger partial charge is 0.478 e. The standard InChI is InChI=1S/C23H32ClNO5/c1-5-6-11-27-20-14-28-25-21(20)17-13-16(24)9-10-18(17)29-19(12-15-7-8-15)22(26)30-23(2,3)4/h9-10,13,15,19-20H,5-8,11-12,14H2,1-4H3/t19-,20?/m0/s1. The summed E-state index contributed by atoms with van der Waals surface area (Å²) in [5.41, 5.74) is 0.746. The van der Waals surface area contributed by atoms with Gasteiger partial charge in [-0.05, 0) is 57.7 Å². The first-order valence-electron chi connectivity index (χ1n) is 10.8. The maximum Gasteiger partial charge on any atom is 0.347 e. The number of hydrogen-bond donors (Lipinski definition) is 0. The fourth-order valence-electron chi connectivity index (χ4n) is 3.21. The van der Waals surface area contributed by atoms with Crippen molar-refractivity contribution in [2.24, 2.45) is 11.1 Å². The first-order chi connectivity index (χ1) is 14.3. The van der Waals surface area contributed by atoms with Gasteiger partial charge >= 0.3 is 5.97 Å². The number of halogens is 1. The molecule has 6 nitrogen and oxygen atoms in total. The third-order valence-electron chi connectivity index (χ3n) is 4.91. The van der Waals surface area contributed by atoms with Crippen molar-refractivity contribution >= 4 is 23.3 Å². The Bertz CT molecular complexity index is 769. The van der Waals surface area contributed by atoms with E-state index in [0.29, 0.717) is 47.6 Å². The Morgan fingerprint density at radius 3 is 2.77 bits per heavy atom. The van der Waals surface area contributed by atoms with Crippen molar-refractivity contribution in [2.75, 3.05) is 13.2 Å². The van der Waals surface area contributed by atoms with E-state index in [1.54, 1.807) is 18.2 Å². The highest BCUT2D eigenvalue weighted by Crippen LogP contribution is 2.36. The van der Waals surface area contributed by atoms with Gasteiger partial charge in [0.1, 0.15) is 29.8 Å². The molecule has 2 aliphatic rings. The second-order valence-corrected chi connectivity index (χ2v) is 9.38. The zero-order valence-electron chi connectivity index (χ0n) is 18.3. The smallest absolute Gasteiger partial charge is 0.347 e. The van der Waals surface area contributed by atoms with Crippen LogP contribution < -0.4 is 4.74 Å². The first-order valence-corrected chi connectivity index (χ1v) is 11.2. The summed E-state index contributed by atoms with van der Waals surface area (Å²) < 4.78 is 17.8. The molecule has 0 aromatic heterocycles. The number of hydrogen-bond acceptors (Lipinski definition) is 6. The van der Waals surface area contributed by atoms with Crippen LogP contribution in [0.4, 0.5) is 0 Å². The molecular formula is C23H32ClNO5. The monoisotopic (exact) mass is 437 g/mol. The van der Waals surface area contributed by atoms with Gasteiger partial charge in [-0.15, -0.1) is 0 Å². The molecule has 3 rings (SSSR count). The topological polar surface area (TPSA) is 66.3 Å². The molecule has 0 spiro atoms. The van der Waals surface area contributed by atoms with Gasteiger partial charge in [-0.25, -0.2) is 4.79 Å². The first kappa shape index (κ1) is 22.9. The molecule has 30 heavy (non-hydrogen) atoms. The van der Waals surface area contributed by atoms with Gasteiger partial charge in [-0.2, -0.15) is 0 Å². The highest BCUT2D eigenvalue weighted by molar-refractivity contribution is 6.31. The van der Waals surface area contributed by atoms with Crippen LogP contribution in [0.5, 0.6) is 5.75 Å². The lowest BCUT2D eigenvalue weighted by Gasteiger charge is -2.25. The van der Waals surface area contributed by atoms with E-state index in [4.69, 9.17) is 30.6 Å². The zero-order chi connectivity index (χ0) is 21.7. The van der Waals surface area contributed by atoms with E-state index >= 15 is 0 Å². The second kappa shape index (κ2) is 10.0. The number of rotatable bonds is 10.